The van der Waals surface area contributed by atoms with Gasteiger partial charge in [-0.05, 0) is 18.6 Å². The molecule has 20 heavy (non-hydrogen) atoms. The summed E-state index contributed by atoms with van der Waals surface area (Å²) in [6, 6.07) is 4.70. The number of methoxy groups -OCH3 is 1. The van der Waals surface area contributed by atoms with Crippen LogP contribution in [0.15, 0.2) is 24.4 Å². The largest absolute Gasteiger partial charge is 0.496 e. The first kappa shape index (κ1) is 13.9. The topological polar surface area (TPSA) is 82.2 Å². The van der Waals surface area contributed by atoms with E-state index in [9.17, 15) is 10.1 Å². The van der Waals surface area contributed by atoms with Crippen molar-refractivity contribution in [2.45, 2.75) is 13.5 Å². The van der Waals surface area contributed by atoms with Crippen molar-refractivity contribution in [3.05, 3.63) is 45.8 Å². The minimum Gasteiger partial charge on any atom is -0.496 e. The number of aromatic nitrogens is 2. The Morgan fingerprint density at radius 3 is 2.75 bits per heavy atom. The zero-order valence-corrected chi connectivity index (χ0v) is 11.6. The summed E-state index contributed by atoms with van der Waals surface area (Å²) in [5.41, 5.74) is 2.58. The molecule has 0 saturated carbocycles. The maximum Gasteiger partial charge on any atom is 0.273 e. The highest BCUT2D eigenvalue weighted by atomic mass is 16.6. The molecule has 1 heterocycles. The first-order chi connectivity index (χ1) is 9.49. The molecule has 106 valence electrons. The van der Waals surface area contributed by atoms with E-state index >= 15 is 0 Å². The van der Waals surface area contributed by atoms with E-state index in [-0.39, 0.29) is 5.69 Å². The Labute approximate surface area is 116 Å². The number of rotatable bonds is 5. The summed E-state index contributed by atoms with van der Waals surface area (Å²) in [5, 5.41) is 18.3. The standard InChI is InChI=1S/C13H16N4O3/c1-9-13(8-16(2)15-9)14-7-10-4-11(17(18)19)6-12(5-10)20-3/h4-6,8,14H,7H2,1-3H3. The molecule has 0 fully saturated rings. The Bertz CT molecular complexity index is 637. The van der Waals surface area contributed by atoms with E-state index in [1.165, 1.54) is 19.2 Å². The average molecular weight is 276 g/mol. The minimum absolute atomic E-state index is 0.0176. The average Bonchev–Trinajstić information content (AvgIpc) is 2.74. The van der Waals surface area contributed by atoms with E-state index in [0.717, 1.165) is 16.9 Å². The Hall–Kier alpha value is -2.57. The molecule has 0 spiro atoms. The van der Waals surface area contributed by atoms with Crippen LogP contribution >= 0.6 is 0 Å². The Morgan fingerprint density at radius 1 is 1.45 bits per heavy atom. The van der Waals surface area contributed by atoms with Crippen LogP contribution in [-0.4, -0.2) is 21.8 Å². The van der Waals surface area contributed by atoms with Crippen molar-refractivity contribution in [1.82, 2.24) is 9.78 Å². The lowest BCUT2D eigenvalue weighted by Crippen LogP contribution is -2.01. The molecule has 1 aromatic carbocycles. The third-order valence-corrected chi connectivity index (χ3v) is 2.89. The smallest absolute Gasteiger partial charge is 0.273 e. The lowest BCUT2D eigenvalue weighted by molar-refractivity contribution is -0.385. The molecule has 0 aliphatic heterocycles. The van der Waals surface area contributed by atoms with Gasteiger partial charge in [0.25, 0.3) is 5.69 Å². The Kier molecular flexibility index (Phi) is 3.88. The van der Waals surface area contributed by atoms with Crippen LogP contribution in [-0.2, 0) is 13.6 Å². The zero-order chi connectivity index (χ0) is 14.7. The van der Waals surface area contributed by atoms with Gasteiger partial charge in [0.2, 0.25) is 0 Å². The number of nitrogens with one attached hydrogen (secondary N) is 1. The first-order valence-electron chi connectivity index (χ1n) is 6.06. The second-order valence-electron chi connectivity index (χ2n) is 4.45. The van der Waals surface area contributed by atoms with E-state index in [2.05, 4.69) is 10.4 Å². The number of nitro groups is 1. The predicted octanol–water partition coefficient (Wildman–Crippen LogP) is 2.26. The van der Waals surface area contributed by atoms with Crippen molar-refractivity contribution in [3.63, 3.8) is 0 Å². The summed E-state index contributed by atoms with van der Waals surface area (Å²) >= 11 is 0. The molecule has 2 aromatic rings. The molecule has 0 saturated heterocycles. The number of nitrogens with zero attached hydrogens (tertiary/aromatic N) is 3. The highest BCUT2D eigenvalue weighted by Crippen LogP contribution is 2.23. The summed E-state index contributed by atoms with van der Waals surface area (Å²) in [6.45, 7) is 2.36. The second kappa shape index (κ2) is 5.60. The number of hydrogen-bond donors (Lipinski definition) is 1. The molecule has 1 N–H and O–H groups in total. The van der Waals surface area contributed by atoms with Crippen molar-refractivity contribution in [2.24, 2.45) is 7.05 Å². The summed E-state index contributed by atoms with van der Waals surface area (Å²) < 4.78 is 6.79. The lowest BCUT2D eigenvalue weighted by atomic mass is 10.2. The lowest BCUT2D eigenvalue weighted by Gasteiger charge is -2.07. The Balaban J connectivity index is 2.18. The number of non-ortho nitro benzene ring substituents is 1. The minimum atomic E-state index is -0.429. The highest BCUT2D eigenvalue weighted by molar-refractivity contribution is 5.48. The van der Waals surface area contributed by atoms with Crippen molar-refractivity contribution in [3.8, 4) is 5.75 Å². The first-order valence-corrected chi connectivity index (χ1v) is 6.06. The van der Waals surface area contributed by atoms with Gasteiger partial charge in [0.05, 0.1) is 29.5 Å². The number of anilines is 1. The van der Waals surface area contributed by atoms with Crippen LogP contribution in [0.1, 0.15) is 11.3 Å². The van der Waals surface area contributed by atoms with Gasteiger partial charge in [-0.15, -0.1) is 0 Å². The second-order valence-corrected chi connectivity index (χ2v) is 4.45. The molecule has 7 heteroatoms. The van der Waals surface area contributed by atoms with Crippen molar-refractivity contribution >= 4 is 11.4 Å². The van der Waals surface area contributed by atoms with E-state index in [1.54, 1.807) is 10.7 Å². The molecule has 2 rings (SSSR count). The maximum atomic E-state index is 10.9. The van der Waals surface area contributed by atoms with Crippen LogP contribution in [0.4, 0.5) is 11.4 Å². The van der Waals surface area contributed by atoms with Crippen LogP contribution < -0.4 is 10.1 Å². The van der Waals surface area contributed by atoms with E-state index in [1.807, 2.05) is 20.2 Å². The number of nitro benzene ring substituents is 1. The summed E-state index contributed by atoms with van der Waals surface area (Å²) in [6.07, 6.45) is 1.86. The molecule has 0 aliphatic rings. The fourth-order valence-corrected chi connectivity index (χ4v) is 1.94. The Morgan fingerprint density at radius 2 is 2.20 bits per heavy atom. The van der Waals surface area contributed by atoms with Crippen LogP contribution in [0.5, 0.6) is 5.75 Å². The number of benzene rings is 1. The van der Waals surface area contributed by atoms with Gasteiger partial charge in [-0.2, -0.15) is 5.10 Å². The molecule has 7 nitrogen and oxygen atoms in total. The van der Waals surface area contributed by atoms with Gasteiger partial charge in [0.15, 0.2) is 0 Å². The fourth-order valence-electron chi connectivity index (χ4n) is 1.94. The third kappa shape index (κ3) is 3.05. The van der Waals surface area contributed by atoms with Crippen molar-refractivity contribution < 1.29 is 9.66 Å². The molecule has 1 aromatic heterocycles. The molecule has 0 amide bonds. The molecular weight excluding hydrogens is 260 g/mol. The molecule has 0 atom stereocenters. The number of ether oxygens (including phenoxy) is 1. The van der Waals surface area contributed by atoms with E-state index in [4.69, 9.17) is 4.74 Å². The predicted molar refractivity (Wildman–Crippen MR) is 74.9 cm³/mol. The van der Waals surface area contributed by atoms with Gasteiger partial charge < -0.3 is 10.1 Å². The van der Waals surface area contributed by atoms with Gasteiger partial charge in [0, 0.05) is 25.9 Å². The van der Waals surface area contributed by atoms with Gasteiger partial charge in [0.1, 0.15) is 5.75 Å². The summed E-state index contributed by atoms with van der Waals surface area (Å²) in [5.74, 6) is 0.471. The van der Waals surface area contributed by atoms with Gasteiger partial charge in [-0.3, -0.25) is 14.8 Å². The molecule has 0 aliphatic carbocycles. The van der Waals surface area contributed by atoms with Gasteiger partial charge >= 0.3 is 0 Å². The van der Waals surface area contributed by atoms with Gasteiger partial charge in [-0.25, -0.2) is 0 Å². The summed E-state index contributed by atoms with van der Waals surface area (Å²) in [7, 11) is 3.33. The van der Waals surface area contributed by atoms with E-state index < -0.39 is 4.92 Å². The number of aryl methyl sites for hydroxylation is 2. The number of hydrogen-bond acceptors (Lipinski definition) is 5. The van der Waals surface area contributed by atoms with Gasteiger partial charge in [-0.1, -0.05) is 0 Å². The highest BCUT2D eigenvalue weighted by Gasteiger charge is 2.10. The molecular formula is C13H16N4O3. The van der Waals surface area contributed by atoms with E-state index in [0.29, 0.717) is 12.3 Å². The third-order valence-electron chi connectivity index (χ3n) is 2.89. The van der Waals surface area contributed by atoms with Crippen molar-refractivity contribution in [2.75, 3.05) is 12.4 Å². The maximum absolute atomic E-state index is 10.9. The molecule has 0 radical (unpaired) electrons. The monoisotopic (exact) mass is 276 g/mol. The van der Waals surface area contributed by atoms with Crippen LogP contribution in [0.2, 0.25) is 0 Å². The zero-order valence-electron chi connectivity index (χ0n) is 11.6. The SMILES string of the molecule is COc1cc(CNc2cn(C)nc2C)cc([N+](=O)[O-])c1. The quantitative estimate of drug-likeness (QED) is 0.669. The fraction of sp³-hybridized carbons (Fsp3) is 0.308. The van der Waals surface area contributed by atoms with Crippen LogP contribution in [0.25, 0.3) is 0 Å². The summed E-state index contributed by atoms with van der Waals surface area (Å²) in [4.78, 5) is 10.4. The normalized spacial score (nSPS) is 10.3. The van der Waals surface area contributed by atoms with Crippen molar-refractivity contribution in [1.29, 1.82) is 0 Å². The molecule has 0 unspecified atom stereocenters. The van der Waals surface area contributed by atoms with Crippen LogP contribution in [0, 0.1) is 17.0 Å². The van der Waals surface area contributed by atoms with Crippen LogP contribution in [0.3, 0.4) is 0 Å². The molecule has 0 bridgehead atoms.